The summed E-state index contributed by atoms with van der Waals surface area (Å²) in [7, 11) is 0. The van der Waals surface area contributed by atoms with Crippen molar-refractivity contribution in [1.82, 2.24) is 0 Å². The van der Waals surface area contributed by atoms with Crippen LogP contribution in [0.3, 0.4) is 0 Å². The van der Waals surface area contributed by atoms with Crippen LogP contribution < -0.4 is 10.6 Å². The minimum atomic E-state index is -1.45. The van der Waals surface area contributed by atoms with Gasteiger partial charge >= 0.3 is 0 Å². The summed E-state index contributed by atoms with van der Waals surface area (Å²) in [5.41, 5.74) is 3.23. The third kappa shape index (κ3) is 2.68. The normalized spacial score (nSPS) is 13.5. The summed E-state index contributed by atoms with van der Waals surface area (Å²) < 4.78 is 39.7. The van der Waals surface area contributed by atoms with Gasteiger partial charge in [0, 0.05) is 18.8 Å². The highest BCUT2D eigenvalue weighted by atomic mass is 19.2. The van der Waals surface area contributed by atoms with E-state index in [1.165, 1.54) is 11.6 Å². The van der Waals surface area contributed by atoms with Crippen LogP contribution in [-0.4, -0.2) is 6.54 Å². The van der Waals surface area contributed by atoms with Crippen LogP contribution in [0.5, 0.6) is 0 Å². The molecule has 5 heteroatoms. The number of fused-ring (bicyclic) bond motifs is 1. The third-order valence-electron chi connectivity index (χ3n) is 3.67. The molecule has 0 saturated carbocycles. The Balaban J connectivity index is 1.81. The van der Waals surface area contributed by atoms with Gasteiger partial charge in [0.15, 0.2) is 17.5 Å². The van der Waals surface area contributed by atoms with Gasteiger partial charge < -0.3 is 10.6 Å². The highest BCUT2D eigenvalue weighted by Crippen LogP contribution is 2.27. The van der Waals surface area contributed by atoms with Crippen molar-refractivity contribution in [2.45, 2.75) is 19.4 Å². The summed E-state index contributed by atoms with van der Waals surface area (Å²) in [6.45, 7) is 1.25. The van der Waals surface area contributed by atoms with E-state index in [0.717, 1.165) is 36.7 Å². The second-order valence-electron chi connectivity index (χ2n) is 5.06. The summed E-state index contributed by atoms with van der Waals surface area (Å²) >= 11 is 0. The molecule has 21 heavy (non-hydrogen) atoms. The Hall–Kier alpha value is -2.17. The Kier molecular flexibility index (Phi) is 3.73. The average molecular weight is 292 g/mol. The van der Waals surface area contributed by atoms with Gasteiger partial charge in [-0.15, -0.1) is 0 Å². The van der Waals surface area contributed by atoms with Crippen LogP contribution in [0.1, 0.15) is 17.5 Å². The third-order valence-corrected chi connectivity index (χ3v) is 3.67. The molecule has 0 saturated heterocycles. The highest BCUT2D eigenvalue weighted by Gasteiger charge is 2.15. The van der Waals surface area contributed by atoms with E-state index in [1.54, 1.807) is 0 Å². The number of aryl methyl sites for hydroxylation is 1. The zero-order chi connectivity index (χ0) is 14.8. The molecule has 2 N–H and O–H groups in total. The largest absolute Gasteiger partial charge is 0.385 e. The highest BCUT2D eigenvalue weighted by molar-refractivity contribution is 5.60. The number of nitrogens with one attached hydrogen (secondary N) is 2. The Morgan fingerprint density at radius 2 is 1.90 bits per heavy atom. The number of anilines is 2. The lowest BCUT2D eigenvalue weighted by Crippen LogP contribution is -2.15. The first-order chi connectivity index (χ1) is 10.2. The molecule has 0 aromatic heterocycles. The second kappa shape index (κ2) is 5.68. The number of para-hydroxylation sites is 1. The Labute approximate surface area is 121 Å². The predicted octanol–water partition coefficient (Wildman–Crippen LogP) is 4.07. The van der Waals surface area contributed by atoms with Crippen LogP contribution in [0.15, 0.2) is 30.3 Å². The molecule has 2 nitrogen and oxygen atoms in total. The molecule has 2 aromatic rings. The molecule has 0 bridgehead atoms. The molecule has 1 aliphatic rings. The summed E-state index contributed by atoms with van der Waals surface area (Å²) in [6.07, 6.45) is 2.09. The van der Waals surface area contributed by atoms with Gasteiger partial charge in [0.25, 0.3) is 0 Å². The first-order valence-electron chi connectivity index (χ1n) is 6.89. The fourth-order valence-corrected chi connectivity index (χ4v) is 2.58. The lowest BCUT2D eigenvalue weighted by Gasteiger charge is -2.21. The van der Waals surface area contributed by atoms with Gasteiger partial charge in [0.1, 0.15) is 0 Å². The molecule has 0 fully saturated rings. The van der Waals surface area contributed by atoms with Gasteiger partial charge in [0.05, 0.1) is 5.69 Å². The zero-order valence-electron chi connectivity index (χ0n) is 11.3. The molecule has 0 aliphatic carbocycles. The SMILES string of the molecule is Fc1ccc(NCc2cccc3c2NCCC3)c(F)c1F. The van der Waals surface area contributed by atoms with Gasteiger partial charge in [-0.3, -0.25) is 0 Å². The van der Waals surface area contributed by atoms with Crippen LogP contribution in [0.25, 0.3) is 0 Å². The Morgan fingerprint density at radius 1 is 1.05 bits per heavy atom. The average Bonchev–Trinajstić information content (AvgIpc) is 2.52. The van der Waals surface area contributed by atoms with Crippen molar-refractivity contribution in [3.8, 4) is 0 Å². The van der Waals surface area contributed by atoms with Crippen LogP contribution >= 0.6 is 0 Å². The maximum absolute atomic E-state index is 13.6. The van der Waals surface area contributed by atoms with Gasteiger partial charge in [-0.05, 0) is 36.1 Å². The number of benzene rings is 2. The summed E-state index contributed by atoms with van der Waals surface area (Å²) in [5, 5.41) is 6.16. The van der Waals surface area contributed by atoms with Crippen LogP contribution in [0.2, 0.25) is 0 Å². The quantitative estimate of drug-likeness (QED) is 0.833. The molecular formula is C16H15F3N2. The molecule has 110 valence electrons. The molecule has 2 aromatic carbocycles. The maximum Gasteiger partial charge on any atom is 0.196 e. The van der Waals surface area contributed by atoms with Gasteiger partial charge in [0.2, 0.25) is 0 Å². The Bertz CT molecular complexity index is 671. The van der Waals surface area contributed by atoms with Crippen molar-refractivity contribution in [3.63, 3.8) is 0 Å². The summed E-state index contributed by atoms with van der Waals surface area (Å²) in [5.74, 6) is -3.82. The first-order valence-corrected chi connectivity index (χ1v) is 6.89. The molecule has 0 radical (unpaired) electrons. The maximum atomic E-state index is 13.6. The fraction of sp³-hybridized carbons (Fsp3) is 0.250. The van der Waals surface area contributed by atoms with Crippen LogP contribution in [0.4, 0.5) is 24.5 Å². The second-order valence-corrected chi connectivity index (χ2v) is 5.06. The first kappa shape index (κ1) is 13.8. The van der Waals surface area contributed by atoms with E-state index in [2.05, 4.69) is 16.7 Å². The smallest absolute Gasteiger partial charge is 0.196 e. The molecule has 1 heterocycles. The predicted molar refractivity (Wildman–Crippen MR) is 76.9 cm³/mol. The van der Waals surface area contributed by atoms with Crippen molar-refractivity contribution >= 4 is 11.4 Å². The molecule has 0 amide bonds. The van der Waals surface area contributed by atoms with E-state index in [4.69, 9.17) is 0 Å². The van der Waals surface area contributed by atoms with Crippen molar-refractivity contribution in [2.75, 3.05) is 17.2 Å². The van der Waals surface area contributed by atoms with E-state index in [-0.39, 0.29) is 5.69 Å². The van der Waals surface area contributed by atoms with Crippen molar-refractivity contribution in [2.24, 2.45) is 0 Å². The van der Waals surface area contributed by atoms with Crippen molar-refractivity contribution in [1.29, 1.82) is 0 Å². The van der Waals surface area contributed by atoms with Gasteiger partial charge in [-0.25, -0.2) is 13.2 Å². The summed E-state index contributed by atoms with van der Waals surface area (Å²) in [6, 6.07) is 8.06. The molecule has 0 spiro atoms. The number of hydrogen-bond acceptors (Lipinski definition) is 2. The van der Waals surface area contributed by atoms with Crippen molar-refractivity contribution in [3.05, 3.63) is 58.9 Å². The van der Waals surface area contributed by atoms with E-state index >= 15 is 0 Å². The molecule has 1 aliphatic heterocycles. The van der Waals surface area contributed by atoms with E-state index in [1.807, 2.05) is 12.1 Å². The molecule has 0 atom stereocenters. The van der Waals surface area contributed by atoms with Crippen molar-refractivity contribution < 1.29 is 13.2 Å². The standard InChI is InChI=1S/C16H15F3N2/c17-12-6-7-13(15(19)14(12)18)21-9-11-4-1-3-10-5-2-8-20-16(10)11/h1,3-4,6-7,20-21H,2,5,8-9H2. The van der Waals surface area contributed by atoms with E-state index in [9.17, 15) is 13.2 Å². The number of rotatable bonds is 3. The lowest BCUT2D eigenvalue weighted by atomic mass is 9.99. The number of hydrogen-bond donors (Lipinski definition) is 2. The van der Waals surface area contributed by atoms with Crippen LogP contribution in [0, 0.1) is 17.5 Å². The molecule has 0 unspecified atom stereocenters. The minimum absolute atomic E-state index is 0.0395. The molecular weight excluding hydrogens is 277 g/mol. The topological polar surface area (TPSA) is 24.1 Å². The van der Waals surface area contributed by atoms with E-state index in [0.29, 0.717) is 6.54 Å². The lowest BCUT2D eigenvalue weighted by molar-refractivity contribution is 0.449. The Morgan fingerprint density at radius 3 is 2.76 bits per heavy atom. The number of halogens is 3. The minimum Gasteiger partial charge on any atom is -0.385 e. The molecule has 3 rings (SSSR count). The monoisotopic (exact) mass is 292 g/mol. The zero-order valence-corrected chi connectivity index (χ0v) is 11.3. The van der Waals surface area contributed by atoms with Crippen LogP contribution in [-0.2, 0) is 13.0 Å². The van der Waals surface area contributed by atoms with Gasteiger partial charge in [-0.2, -0.15) is 0 Å². The van der Waals surface area contributed by atoms with Gasteiger partial charge in [-0.1, -0.05) is 18.2 Å². The summed E-state index contributed by atoms with van der Waals surface area (Å²) in [4.78, 5) is 0. The van der Waals surface area contributed by atoms with E-state index < -0.39 is 17.5 Å². The fourth-order valence-electron chi connectivity index (χ4n) is 2.58.